The first-order chi connectivity index (χ1) is 8.22. The highest BCUT2D eigenvalue weighted by Gasteiger charge is 2.10. The molecular formula is C12H25N5. The van der Waals surface area contributed by atoms with Gasteiger partial charge in [-0.25, -0.2) is 0 Å². The van der Waals surface area contributed by atoms with Gasteiger partial charge in [0.05, 0.1) is 6.42 Å². The normalized spacial score (nSPS) is 11.0. The summed E-state index contributed by atoms with van der Waals surface area (Å²) in [6, 6.07) is 0. The molecule has 0 fully saturated rings. The van der Waals surface area contributed by atoms with Crippen LogP contribution in [0.3, 0.4) is 0 Å². The summed E-state index contributed by atoms with van der Waals surface area (Å²) in [5, 5.41) is 8.29. The number of hydrogen-bond donors (Lipinski definition) is 1. The summed E-state index contributed by atoms with van der Waals surface area (Å²) in [4.78, 5) is 3.93. The van der Waals surface area contributed by atoms with Gasteiger partial charge in [0.2, 0.25) is 0 Å². The zero-order valence-electron chi connectivity index (χ0n) is 11.7. The standard InChI is InChI=1S/C10H19N5.C2H6/c1-4-6-15-9(5-2)13-14-10(15)7-8(11)12-3;1-2/h4-7H2,1-3H3,(H2,11,12);1-2H3. The maximum absolute atomic E-state index is 5.69. The van der Waals surface area contributed by atoms with E-state index >= 15 is 0 Å². The van der Waals surface area contributed by atoms with E-state index in [-0.39, 0.29) is 0 Å². The Morgan fingerprint density at radius 2 is 1.82 bits per heavy atom. The predicted octanol–water partition coefficient (Wildman–Crippen LogP) is 1.81. The van der Waals surface area contributed by atoms with Crippen LogP contribution in [0.2, 0.25) is 0 Å². The number of rotatable bonds is 5. The third-order valence-electron chi connectivity index (χ3n) is 2.29. The van der Waals surface area contributed by atoms with Crippen LogP contribution >= 0.6 is 0 Å². The van der Waals surface area contributed by atoms with Gasteiger partial charge in [0.1, 0.15) is 17.5 Å². The first-order valence-electron chi connectivity index (χ1n) is 6.35. The number of hydrogen-bond acceptors (Lipinski definition) is 3. The van der Waals surface area contributed by atoms with Crippen molar-refractivity contribution in [2.45, 2.75) is 53.5 Å². The van der Waals surface area contributed by atoms with E-state index in [1.54, 1.807) is 7.05 Å². The van der Waals surface area contributed by atoms with Gasteiger partial charge in [-0.3, -0.25) is 4.99 Å². The van der Waals surface area contributed by atoms with Crippen LogP contribution in [0.25, 0.3) is 0 Å². The maximum Gasteiger partial charge on any atom is 0.140 e. The quantitative estimate of drug-likeness (QED) is 0.629. The van der Waals surface area contributed by atoms with E-state index in [0.29, 0.717) is 12.3 Å². The Morgan fingerprint density at radius 3 is 2.29 bits per heavy atom. The fourth-order valence-corrected chi connectivity index (χ4v) is 1.49. The average Bonchev–Trinajstić information content (AvgIpc) is 2.74. The molecule has 0 saturated carbocycles. The average molecular weight is 239 g/mol. The number of amidine groups is 1. The maximum atomic E-state index is 5.69. The molecule has 5 nitrogen and oxygen atoms in total. The second-order valence-electron chi connectivity index (χ2n) is 3.43. The van der Waals surface area contributed by atoms with Crippen molar-refractivity contribution in [3.8, 4) is 0 Å². The molecule has 1 rings (SSSR count). The van der Waals surface area contributed by atoms with E-state index in [9.17, 15) is 0 Å². The minimum atomic E-state index is 0.587. The summed E-state index contributed by atoms with van der Waals surface area (Å²) < 4.78 is 2.14. The summed E-state index contributed by atoms with van der Waals surface area (Å²) in [6.07, 6.45) is 2.56. The third-order valence-corrected chi connectivity index (χ3v) is 2.29. The largest absolute Gasteiger partial charge is 0.387 e. The summed E-state index contributed by atoms with van der Waals surface area (Å²) in [5.74, 6) is 2.54. The first-order valence-corrected chi connectivity index (χ1v) is 6.35. The Morgan fingerprint density at radius 1 is 1.24 bits per heavy atom. The van der Waals surface area contributed by atoms with Crippen LogP contribution < -0.4 is 5.73 Å². The highest BCUT2D eigenvalue weighted by atomic mass is 15.3. The second kappa shape index (κ2) is 8.73. The van der Waals surface area contributed by atoms with Gasteiger partial charge in [-0.15, -0.1) is 10.2 Å². The van der Waals surface area contributed by atoms with Crippen molar-refractivity contribution in [3.05, 3.63) is 11.6 Å². The van der Waals surface area contributed by atoms with Gasteiger partial charge in [-0.05, 0) is 6.42 Å². The lowest BCUT2D eigenvalue weighted by Crippen LogP contribution is -2.18. The number of aryl methyl sites for hydroxylation is 1. The van der Waals surface area contributed by atoms with Crippen LogP contribution in [0.5, 0.6) is 0 Å². The molecule has 5 heteroatoms. The summed E-state index contributed by atoms with van der Waals surface area (Å²) in [6.45, 7) is 9.17. The Labute approximate surface area is 104 Å². The fourth-order valence-electron chi connectivity index (χ4n) is 1.49. The molecular weight excluding hydrogens is 214 g/mol. The van der Waals surface area contributed by atoms with Gasteiger partial charge in [-0.1, -0.05) is 27.7 Å². The van der Waals surface area contributed by atoms with Crippen LogP contribution in [-0.2, 0) is 19.4 Å². The van der Waals surface area contributed by atoms with Crippen molar-refractivity contribution in [3.63, 3.8) is 0 Å². The summed E-state index contributed by atoms with van der Waals surface area (Å²) in [5.41, 5.74) is 5.69. The molecule has 0 saturated heterocycles. The van der Waals surface area contributed by atoms with Crippen LogP contribution in [0.4, 0.5) is 0 Å². The molecule has 0 aliphatic heterocycles. The Balaban J connectivity index is 0.00000121. The first kappa shape index (κ1) is 15.6. The monoisotopic (exact) mass is 239 g/mol. The lowest BCUT2D eigenvalue weighted by atomic mass is 10.3. The van der Waals surface area contributed by atoms with Gasteiger partial charge in [0.25, 0.3) is 0 Å². The molecule has 2 N–H and O–H groups in total. The van der Waals surface area contributed by atoms with Crippen LogP contribution in [0.15, 0.2) is 4.99 Å². The second-order valence-corrected chi connectivity index (χ2v) is 3.43. The van der Waals surface area contributed by atoms with Gasteiger partial charge in [0.15, 0.2) is 0 Å². The van der Waals surface area contributed by atoms with Gasteiger partial charge in [-0.2, -0.15) is 0 Å². The SMILES string of the molecule is CC.CCCn1c(CC)nnc1CC(N)=NC. The Bertz CT molecular complexity index is 341. The molecule has 0 bridgehead atoms. The minimum absolute atomic E-state index is 0.587. The molecule has 0 amide bonds. The molecule has 0 radical (unpaired) electrons. The minimum Gasteiger partial charge on any atom is -0.387 e. The van der Waals surface area contributed by atoms with Crippen molar-refractivity contribution in [1.82, 2.24) is 14.8 Å². The fraction of sp³-hybridized carbons (Fsp3) is 0.750. The molecule has 98 valence electrons. The van der Waals surface area contributed by atoms with E-state index in [2.05, 4.69) is 33.6 Å². The molecule has 1 heterocycles. The molecule has 1 aromatic rings. The molecule has 0 aliphatic carbocycles. The highest BCUT2D eigenvalue weighted by Crippen LogP contribution is 2.05. The predicted molar refractivity (Wildman–Crippen MR) is 72.3 cm³/mol. The van der Waals surface area contributed by atoms with Crippen molar-refractivity contribution < 1.29 is 0 Å². The van der Waals surface area contributed by atoms with E-state index in [1.807, 2.05) is 13.8 Å². The molecule has 0 atom stereocenters. The number of nitrogens with two attached hydrogens (primary N) is 1. The van der Waals surface area contributed by atoms with Crippen molar-refractivity contribution >= 4 is 5.84 Å². The van der Waals surface area contributed by atoms with E-state index in [0.717, 1.165) is 31.0 Å². The number of aliphatic imine (C=N–C) groups is 1. The molecule has 0 aliphatic rings. The molecule has 17 heavy (non-hydrogen) atoms. The van der Waals surface area contributed by atoms with Gasteiger partial charge >= 0.3 is 0 Å². The van der Waals surface area contributed by atoms with Crippen LogP contribution in [0.1, 0.15) is 45.8 Å². The molecule has 0 aromatic carbocycles. The van der Waals surface area contributed by atoms with Crippen molar-refractivity contribution in [1.29, 1.82) is 0 Å². The number of aromatic nitrogens is 3. The van der Waals surface area contributed by atoms with Crippen molar-refractivity contribution in [2.75, 3.05) is 7.05 Å². The highest BCUT2D eigenvalue weighted by molar-refractivity contribution is 5.81. The number of nitrogens with zero attached hydrogens (tertiary/aromatic N) is 4. The molecule has 1 aromatic heterocycles. The zero-order chi connectivity index (χ0) is 13.3. The van der Waals surface area contributed by atoms with E-state index < -0.39 is 0 Å². The summed E-state index contributed by atoms with van der Waals surface area (Å²) in [7, 11) is 1.69. The zero-order valence-corrected chi connectivity index (χ0v) is 11.7. The smallest absolute Gasteiger partial charge is 0.140 e. The van der Waals surface area contributed by atoms with Gasteiger partial charge in [0, 0.05) is 20.0 Å². The Kier molecular flexibility index (Phi) is 8.01. The lowest BCUT2D eigenvalue weighted by Gasteiger charge is -2.07. The summed E-state index contributed by atoms with van der Waals surface area (Å²) >= 11 is 0. The topological polar surface area (TPSA) is 69.1 Å². The van der Waals surface area contributed by atoms with Crippen molar-refractivity contribution in [2.24, 2.45) is 10.7 Å². The van der Waals surface area contributed by atoms with Crippen LogP contribution in [-0.4, -0.2) is 27.6 Å². The Hall–Kier alpha value is -1.39. The lowest BCUT2D eigenvalue weighted by molar-refractivity contribution is 0.621. The van der Waals surface area contributed by atoms with Gasteiger partial charge < -0.3 is 10.3 Å². The molecule has 0 unspecified atom stereocenters. The molecule has 0 spiro atoms. The van der Waals surface area contributed by atoms with Crippen LogP contribution in [0, 0.1) is 0 Å². The van der Waals surface area contributed by atoms with E-state index in [4.69, 9.17) is 5.73 Å². The van der Waals surface area contributed by atoms with E-state index in [1.165, 1.54) is 0 Å². The third kappa shape index (κ3) is 4.54.